The molecule has 0 spiro atoms. The van der Waals surface area contributed by atoms with Gasteiger partial charge in [0, 0.05) is 18.8 Å². The molecule has 4 saturated carbocycles. The van der Waals surface area contributed by atoms with Gasteiger partial charge in [-0.15, -0.1) is 0 Å². The van der Waals surface area contributed by atoms with Crippen LogP contribution in [0.5, 0.6) is 0 Å². The van der Waals surface area contributed by atoms with E-state index in [1.54, 1.807) is 0 Å². The maximum Gasteiger partial charge on any atom is 0.252 e. The topological polar surface area (TPSA) is 41.1 Å². The Balaban J connectivity index is 1.32. The van der Waals surface area contributed by atoms with Gasteiger partial charge < -0.3 is 10.6 Å². The molecule has 4 bridgehead atoms. The van der Waals surface area contributed by atoms with Crippen molar-refractivity contribution in [3.63, 3.8) is 0 Å². The van der Waals surface area contributed by atoms with E-state index in [2.05, 4.69) is 23.0 Å². The van der Waals surface area contributed by atoms with Gasteiger partial charge in [-0.3, -0.25) is 4.79 Å². The molecule has 0 saturated heterocycles. The Kier molecular flexibility index (Phi) is 7.70. The molecule has 2 unspecified atom stereocenters. The number of rotatable bonds is 10. The summed E-state index contributed by atoms with van der Waals surface area (Å²) < 4.78 is 0. The molecule has 4 fully saturated rings. The number of carbonyl (C=O) groups is 1. The summed E-state index contributed by atoms with van der Waals surface area (Å²) in [4.78, 5) is 13.0. The van der Waals surface area contributed by atoms with Gasteiger partial charge in [-0.2, -0.15) is 11.8 Å². The molecule has 0 aromatic heterocycles. The largest absolute Gasteiger partial charge is 0.351 e. The first kappa shape index (κ1) is 22.5. The smallest absolute Gasteiger partial charge is 0.252 e. The Labute approximate surface area is 191 Å². The number of fused-ring (bicyclic) bond motifs is 1. The highest BCUT2D eigenvalue weighted by molar-refractivity contribution is 7.98. The van der Waals surface area contributed by atoms with Crippen LogP contribution in [-0.4, -0.2) is 37.6 Å². The average Bonchev–Trinajstić information content (AvgIpc) is 2.93. The lowest BCUT2D eigenvalue weighted by atomic mass is 9.61. The molecule has 0 radical (unpaired) electrons. The molecule has 5 heteroatoms. The van der Waals surface area contributed by atoms with E-state index >= 15 is 0 Å². The SMILES string of the molecule is CSCCNCCCc1ccc(Cl)c(C(=O)NCC23CCC4CC(CC(C4)C2)C3)c1. The molecule has 3 nitrogen and oxygen atoms in total. The number of hydrogen-bond donors (Lipinski definition) is 2. The molecule has 4 aliphatic carbocycles. The number of halogens is 1. The van der Waals surface area contributed by atoms with Crippen molar-refractivity contribution in [2.24, 2.45) is 23.2 Å². The summed E-state index contributed by atoms with van der Waals surface area (Å²) in [5.74, 6) is 3.91. The van der Waals surface area contributed by atoms with Gasteiger partial charge in [0.05, 0.1) is 10.6 Å². The van der Waals surface area contributed by atoms with Crippen molar-refractivity contribution in [2.45, 2.75) is 57.8 Å². The van der Waals surface area contributed by atoms with Gasteiger partial charge in [0.15, 0.2) is 0 Å². The highest BCUT2D eigenvalue weighted by Crippen LogP contribution is 2.56. The van der Waals surface area contributed by atoms with E-state index in [-0.39, 0.29) is 5.91 Å². The van der Waals surface area contributed by atoms with Gasteiger partial charge in [0.1, 0.15) is 0 Å². The van der Waals surface area contributed by atoms with E-state index in [4.69, 9.17) is 11.6 Å². The van der Waals surface area contributed by atoms with E-state index in [1.165, 1.54) is 50.5 Å². The van der Waals surface area contributed by atoms with Crippen LogP contribution in [0.15, 0.2) is 18.2 Å². The van der Waals surface area contributed by atoms with Crippen LogP contribution in [0.2, 0.25) is 5.02 Å². The molecule has 166 valence electrons. The Bertz CT molecular complexity index is 726. The van der Waals surface area contributed by atoms with Crippen molar-refractivity contribution in [1.29, 1.82) is 0 Å². The van der Waals surface area contributed by atoms with Crippen LogP contribution in [0.1, 0.15) is 67.3 Å². The quantitative estimate of drug-likeness (QED) is 0.460. The normalized spacial score (nSPS) is 29.7. The third-order valence-corrected chi connectivity index (χ3v) is 8.67. The standard InChI is InChI=1S/C25H37ClN2OS/c1-30-10-9-27-8-2-3-18-4-5-23(26)22(14-18)24(29)28-17-25-7-6-19-11-20(15-25)13-21(12-19)16-25/h4-5,14,19-21,27H,2-3,6-13,15-17H2,1H3,(H,28,29). The fourth-order valence-electron chi connectivity index (χ4n) is 6.51. The lowest BCUT2D eigenvalue weighted by Crippen LogP contribution is -2.42. The number of nitrogens with one attached hydrogen (secondary N) is 2. The summed E-state index contributed by atoms with van der Waals surface area (Å²) >= 11 is 8.28. The van der Waals surface area contributed by atoms with Crippen LogP contribution in [-0.2, 0) is 6.42 Å². The zero-order valence-corrected chi connectivity index (χ0v) is 19.9. The first-order valence-corrected chi connectivity index (χ1v) is 13.6. The van der Waals surface area contributed by atoms with Gasteiger partial charge in [0.25, 0.3) is 5.91 Å². The highest BCUT2D eigenvalue weighted by atomic mass is 35.5. The summed E-state index contributed by atoms with van der Waals surface area (Å²) in [5, 5.41) is 7.34. The van der Waals surface area contributed by atoms with E-state index < -0.39 is 0 Å². The fourth-order valence-corrected chi connectivity index (χ4v) is 7.06. The van der Waals surface area contributed by atoms with Gasteiger partial charge in [-0.1, -0.05) is 17.7 Å². The zero-order valence-electron chi connectivity index (χ0n) is 18.4. The Hall–Kier alpha value is -0.710. The summed E-state index contributed by atoms with van der Waals surface area (Å²) in [6, 6.07) is 5.96. The number of amides is 1. The second kappa shape index (κ2) is 10.3. The summed E-state index contributed by atoms with van der Waals surface area (Å²) in [6.07, 6.45) is 13.8. The summed E-state index contributed by atoms with van der Waals surface area (Å²) in [7, 11) is 0. The predicted octanol–water partition coefficient (Wildman–Crippen LogP) is 5.56. The molecule has 0 heterocycles. The average molecular weight is 449 g/mol. The van der Waals surface area contributed by atoms with Crippen LogP contribution in [0.3, 0.4) is 0 Å². The number of thioether (sulfide) groups is 1. The maximum absolute atomic E-state index is 13.0. The molecular formula is C25H37ClN2OS. The molecule has 2 N–H and O–H groups in total. The van der Waals surface area contributed by atoms with Gasteiger partial charge >= 0.3 is 0 Å². The number of carbonyl (C=O) groups excluding carboxylic acids is 1. The minimum Gasteiger partial charge on any atom is -0.351 e. The van der Waals surface area contributed by atoms with Crippen molar-refractivity contribution in [3.05, 3.63) is 34.3 Å². The lowest BCUT2D eigenvalue weighted by Gasteiger charge is -2.45. The van der Waals surface area contributed by atoms with Crippen LogP contribution in [0, 0.1) is 23.2 Å². The highest BCUT2D eigenvalue weighted by Gasteiger charge is 2.47. The van der Waals surface area contributed by atoms with Crippen LogP contribution < -0.4 is 10.6 Å². The third kappa shape index (κ3) is 5.55. The molecular weight excluding hydrogens is 412 g/mol. The number of benzene rings is 1. The predicted molar refractivity (Wildman–Crippen MR) is 129 cm³/mol. The second-order valence-corrected chi connectivity index (χ2v) is 11.5. The van der Waals surface area contributed by atoms with E-state index in [0.717, 1.165) is 56.0 Å². The summed E-state index contributed by atoms with van der Waals surface area (Å²) in [6.45, 7) is 2.89. The van der Waals surface area contributed by atoms with E-state index in [0.29, 0.717) is 16.0 Å². The van der Waals surface area contributed by atoms with Crippen LogP contribution >= 0.6 is 23.4 Å². The molecule has 2 atom stereocenters. The Morgan fingerprint density at radius 2 is 1.93 bits per heavy atom. The van der Waals surface area contributed by atoms with Crippen LogP contribution in [0.25, 0.3) is 0 Å². The van der Waals surface area contributed by atoms with Crippen molar-refractivity contribution in [2.75, 3.05) is 31.6 Å². The molecule has 1 amide bonds. The fraction of sp³-hybridized carbons (Fsp3) is 0.720. The second-order valence-electron chi connectivity index (χ2n) is 10.1. The van der Waals surface area contributed by atoms with Crippen LogP contribution in [0.4, 0.5) is 0 Å². The van der Waals surface area contributed by atoms with Gasteiger partial charge in [-0.25, -0.2) is 0 Å². The molecule has 1 aromatic carbocycles. The molecule has 30 heavy (non-hydrogen) atoms. The third-order valence-electron chi connectivity index (χ3n) is 7.73. The zero-order chi connectivity index (χ0) is 21.0. The summed E-state index contributed by atoms with van der Waals surface area (Å²) in [5.41, 5.74) is 2.18. The first-order valence-electron chi connectivity index (χ1n) is 11.8. The number of aryl methyl sites for hydroxylation is 1. The van der Waals surface area contributed by atoms with Gasteiger partial charge in [-0.05, 0) is 111 Å². The Morgan fingerprint density at radius 1 is 1.17 bits per heavy atom. The molecule has 4 aliphatic rings. The van der Waals surface area contributed by atoms with Crippen molar-refractivity contribution >= 4 is 29.3 Å². The first-order chi connectivity index (χ1) is 14.6. The van der Waals surface area contributed by atoms with E-state index in [9.17, 15) is 4.79 Å². The lowest BCUT2D eigenvalue weighted by molar-refractivity contribution is 0.0614. The minimum absolute atomic E-state index is 0.00744. The molecule has 1 aromatic rings. The van der Waals surface area contributed by atoms with Gasteiger partial charge in [0.2, 0.25) is 0 Å². The Morgan fingerprint density at radius 3 is 2.70 bits per heavy atom. The van der Waals surface area contributed by atoms with Crippen molar-refractivity contribution in [3.8, 4) is 0 Å². The van der Waals surface area contributed by atoms with Crippen molar-refractivity contribution < 1.29 is 4.79 Å². The maximum atomic E-state index is 13.0. The number of hydrogen-bond acceptors (Lipinski definition) is 3. The molecule has 0 aliphatic heterocycles. The molecule has 5 rings (SSSR count). The van der Waals surface area contributed by atoms with E-state index in [1.807, 2.05) is 23.9 Å². The monoisotopic (exact) mass is 448 g/mol. The minimum atomic E-state index is 0.00744. The van der Waals surface area contributed by atoms with Crippen molar-refractivity contribution in [1.82, 2.24) is 10.6 Å².